The molecule has 3 rings (SSSR count). The van der Waals surface area contributed by atoms with Crippen molar-refractivity contribution in [3.63, 3.8) is 0 Å². The second-order valence-corrected chi connectivity index (χ2v) is 7.49. The highest BCUT2D eigenvalue weighted by molar-refractivity contribution is 5.88. The van der Waals surface area contributed by atoms with E-state index >= 15 is 0 Å². The van der Waals surface area contributed by atoms with Crippen molar-refractivity contribution in [3.8, 4) is 0 Å². The number of piperidine rings is 1. The van der Waals surface area contributed by atoms with Gasteiger partial charge in [-0.1, -0.05) is 12.8 Å². The van der Waals surface area contributed by atoms with Crippen molar-refractivity contribution in [2.75, 3.05) is 26.2 Å². The van der Waals surface area contributed by atoms with Gasteiger partial charge < -0.3 is 14.9 Å². The van der Waals surface area contributed by atoms with E-state index in [-0.39, 0.29) is 23.7 Å². The summed E-state index contributed by atoms with van der Waals surface area (Å²) in [6.07, 6.45) is 7.04. The average molecular weight is 336 g/mol. The van der Waals surface area contributed by atoms with Crippen LogP contribution in [0.2, 0.25) is 0 Å². The van der Waals surface area contributed by atoms with E-state index in [1.807, 2.05) is 4.90 Å². The van der Waals surface area contributed by atoms with Crippen LogP contribution in [0, 0.1) is 17.8 Å². The highest BCUT2D eigenvalue weighted by Crippen LogP contribution is 2.34. The zero-order valence-corrected chi connectivity index (χ0v) is 14.3. The number of carbonyl (C=O) groups excluding carboxylic acids is 2. The number of carbonyl (C=O) groups is 3. The molecule has 1 N–H and O–H groups in total. The lowest BCUT2D eigenvalue weighted by Gasteiger charge is -2.38. The Balaban J connectivity index is 1.68. The van der Waals surface area contributed by atoms with E-state index in [1.54, 1.807) is 4.90 Å². The first-order chi connectivity index (χ1) is 11.6. The third kappa shape index (κ3) is 3.57. The van der Waals surface area contributed by atoms with E-state index in [2.05, 4.69) is 0 Å². The quantitative estimate of drug-likeness (QED) is 0.851. The predicted molar refractivity (Wildman–Crippen MR) is 88.2 cm³/mol. The number of aliphatic carboxylic acids is 1. The van der Waals surface area contributed by atoms with Gasteiger partial charge in [0, 0.05) is 38.0 Å². The second-order valence-electron chi connectivity index (χ2n) is 7.49. The number of carboxylic acid groups (broad SMARTS) is 1. The molecule has 0 radical (unpaired) electrons. The van der Waals surface area contributed by atoms with Crippen LogP contribution in [-0.4, -0.2) is 58.9 Å². The van der Waals surface area contributed by atoms with Gasteiger partial charge in [0.25, 0.3) is 0 Å². The summed E-state index contributed by atoms with van der Waals surface area (Å²) in [5.74, 6) is -1.57. The molecule has 3 fully saturated rings. The van der Waals surface area contributed by atoms with Gasteiger partial charge in [0.05, 0.1) is 5.92 Å². The molecule has 2 amide bonds. The molecule has 0 aromatic carbocycles. The lowest BCUT2D eigenvalue weighted by Crippen LogP contribution is -2.49. The molecule has 1 aliphatic carbocycles. The summed E-state index contributed by atoms with van der Waals surface area (Å²) in [7, 11) is 0. The molecule has 2 aliphatic heterocycles. The number of hydrogen-bond acceptors (Lipinski definition) is 3. The first-order valence-electron chi connectivity index (χ1n) is 9.38. The molecule has 0 bridgehead atoms. The summed E-state index contributed by atoms with van der Waals surface area (Å²) in [5, 5.41) is 9.23. The zero-order valence-electron chi connectivity index (χ0n) is 14.3. The first-order valence-corrected chi connectivity index (χ1v) is 9.38. The Morgan fingerprint density at radius 3 is 1.83 bits per heavy atom. The third-order valence-electron chi connectivity index (χ3n) is 5.90. The van der Waals surface area contributed by atoms with Crippen molar-refractivity contribution in [1.82, 2.24) is 9.80 Å². The van der Waals surface area contributed by atoms with Crippen LogP contribution in [0.1, 0.15) is 51.4 Å². The van der Waals surface area contributed by atoms with Gasteiger partial charge >= 0.3 is 5.97 Å². The topological polar surface area (TPSA) is 77.9 Å². The maximum Gasteiger partial charge on any atom is 0.308 e. The molecule has 134 valence electrons. The largest absolute Gasteiger partial charge is 0.481 e. The molecule has 0 aromatic heterocycles. The van der Waals surface area contributed by atoms with Gasteiger partial charge in [-0.25, -0.2) is 0 Å². The van der Waals surface area contributed by atoms with Crippen LogP contribution in [0.15, 0.2) is 0 Å². The maximum atomic E-state index is 13.0. The van der Waals surface area contributed by atoms with Crippen LogP contribution in [0.4, 0.5) is 0 Å². The molecule has 3 aliphatic rings. The summed E-state index contributed by atoms with van der Waals surface area (Å²) in [6, 6.07) is 0. The highest BCUT2D eigenvalue weighted by atomic mass is 16.4. The van der Waals surface area contributed by atoms with E-state index in [0.29, 0.717) is 19.5 Å². The molecular formula is C18H28N2O4. The van der Waals surface area contributed by atoms with Crippen LogP contribution < -0.4 is 0 Å². The monoisotopic (exact) mass is 336 g/mol. The lowest BCUT2D eigenvalue weighted by atomic mass is 9.77. The van der Waals surface area contributed by atoms with E-state index in [4.69, 9.17) is 0 Å². The van der Waals surface area contributed by atoms with Gasteiger partial charge in [-0.05, 0) is 38.5 Å². The van der Waals surface area contributed by atoms with Gasteiger partial charge in [-0.15, -0.1) is 0 Å². The molecule has 2 heterocycles. The maximum absolute atomic E-state index is 13.0. The minimum absolute atomic E-state index is 0.0122. The Labute approximate surface area is 143 Å². The normalized spacial score (nSPS) is 31.1. The average Bonchev–Trinajstić information content (AvgIpc) is 3.15. The first kappa shape index (κ1) is 17.2. The molecule has 1 saturated carbocycles. The minimum atomic E-state index is -0.819. The van der Waals surface area contributed by atoms with Crippen molar-refractivity contribution < 1.29 is 19.5 Å². The van der Waals surface area contributed by atoms with Gasteiger partial charge in [-0.3, -0.25) is 14.4 Å². The van der Waals surface area contributed by atoms with Crippen LogP contribution >= 0.6 is 0 Å². The van der Waals surface area contributed by atoms with Crippen molar-refractivity contribution >= 4 is 17.8 Å². The third-order valence-corrected chi connectivity index (χ3v) is 5.90. The smallest absolute Gasteiger partial charge is 0.308 e. The minimum Gasteiger partial charge on any atom is -0.481 e. The van der Waals surface area contributed by atoms with Crippen LogP contribution in [0.3, 0.4) is 0 Å². The number of nitrogens with zero attached hydrogens (tertiary/aromatic N) is 2. The Bertz CT molecular complexity index is 501. The fourth-order valence-corrected chi connectivity index (χ4v) is 4.51. The number of likely N-dealkylation sites (tertiary alicyclic amines) is 2. The molecule has 0 aromatic rings. The molecular weight excluding hydrogens is 308 g/mol. The molecule has 6 nitrogen and oxygen atoms in total. The standard InChI is InChI=1S/C18H28N2O4/c21-16(19-9-3-4-10-19)14-7-1-2-8-15(14)17(22)20-11-5-6-13(12-20)18(23)24/h13-15H,1-12H2,(H,23,24)/t13-,14?,15?/m0/s1. The molecule has 2 saturated heterocycles. The predicted octanol–water partition coefficient (Wildman–Crippen LogP) is 1.74. The Kier molecular flexibility index (Phi) is 5.41. The fourth-order valence-electron chi connectivity index (χ4n) is 4.51. The van der Waals surface area contributed by atoms with Gasteiger partial charge in [0.2, 0.25) is 11.8 Å². The zero-order chi connectivity index (χ0) is 17.1. The lowest BCUT2D eigenvalue weighted by molar-refractivity contribution is -0.152. The molecule has 3 atom stereocenters. The van der Waals surface area contributed by atoms with Crippen LogP contribution in [-0.2, 0) is 14.4 Å². The highest BCUT2D eigenvalue weighted by Gasteiger charge is 2.41. The van der Waals surface area contributed by atoms with Gasteiger partial charge in [-0.2, -0.15) is 0 Å². The Hall–Kier alpha value is -1.59. The van der Waals surface area contributed by atoms with E-state index in [1.165, 1.54) is 0 Å². The van der Waals surface area contributed by atoms with E-state index in [0.717, 1.165) is 58.0 Å². The van der Waals surface area contributed by atoms with Crippen molar-refractivity contribution in [2.24, 2.45) is 17.8 Å². The van der Waals surface area contributed by atoms with Crippen LogP contribution in [0.25, 0.3) is 0 Å². The molecule has 0 spiro atoms. The summed E-state index contributed by atoms with van der Waals surface area (Å²) >= 11 is 0. The molecule has 24 heavy (non-hydrogen) atoms. The van der Waals surface area contributed by atoms with Gasteiger partial charge in [0.15, 0.2) is 0 Å². The Morgan fingerprint density at radius 2 is 1.25 bits per heavy atom. The SMILES string of the molecule is O=C(O)[C@H]1CCCN(C(=O)C2CCCCC2C(=O)N2CCCC2)C1. The van der Waals surface area contributed by atoms with Crippen molar-refractivity contribution in [2.45, 2.75) is 51.4 Å². The summed E-state index contributed by atoms with van der Waals surface area (Å²) in [6.45, 7) is 2.57. The number of amides is 2. The van der Waals surface area contributed by atoms with Crippen molar-refractivity contribution in [1.29, 1.82) is 0 Å². The molecule has 6 heteroatoms. The summed E-state index contributed by atoms with van der Waals surface area (Å²) in [5.41, 5.74) is 0. The second kappa shape index (κ2) is 7.53. The van der Waals surface area contributed by atoms with Gasteiger partial charge in [0.1, 0.15) is 0 Å². The Morgan fingerprint density at radius 1 is 0.708 bits per heavy atom. The summed E-state index contributed by atoms with van der Waals surface area (Å²) in [4.78, 5) is 40.7. The fraction of sp³-hybridized carbons (Fsp3) is 0.833. The number of hydrogen-bond donors (Lipinski definition) is 1. The number of rotatable bonds is 3. The van der Waals surface area contributed by atoms with Crippen LogP contribution in [0.5, 0.6) is 0 Å². The summed E-state index contributed by atoms with van der Waals surface area (Å²) < 4.78 is 0. The molecule has 2 unspecified atom stereocenters. The van der Waals surface area contributed by atoms with Crippen molar-refractivity contribution in [3.05, 3.63) is 0 Å². The number of carboxylic acids is 1. The van der Waals surface area contributed by atoms with E-state index in [9.17, 15) is 19.5 Å². The van der Waals surface area contributed by atoms with E-state index < -0.39 is 11.9 Å².